The predicted octanol–water partition coefficient (Wildman–Crippen LogP) is 4.51. The molecule has 1 atom stereocenters. The molecule has 1 aromatic carbocycles. The maximum Gasteiger partial charge on any atom is 0.0593 e. The summed E-state index contributed by atoms with van der Waals surface area (Å²) in [5.41, 5.74) is 1.18. The van der Waals surface area contributed by atoms with Gasteiger partial charge in [0, 0.05) is 9.80 Å². The molecule has 0 aliphatic heterocycles. The zero-order valence-corrected chi connectivity index (χ0v) is 10.4. The van der Waals surface area contributed by atoms with E-state index in [1.165, 1.54) is 5.56 Å². The molecule has 0 fully saturated rings. The first-order valence-corrected chi connectivity index (χ1v) is 6.04. The van der Waals surface area contributed by atoms with Gasteiger partial charge in [-0.1, -0.05) is 44.0 Å². The van der Waals surface area contributed by atoms with Gasteiger partial charge in [-0.15, -0.1) is 11.6 Å². The molecule has 1 rings (SSSR count). The molecule has 0 nitrogen and oxygen atoms in total. The van der Waals surface area contributed by atoms with Crippen LogP contribution in [0.4, 0.5) is 0 Å². The Bertz CT molecular complexity index is 233. The average molecular weight is 312 g/mol. The van der Waals surface area contributed by atoms with Crippen molar-refractivity contribution >= 4 is 43.5 Å². The van der Waals surface area contributed by atoms with Crippen LogP contribution in [-0.4, -0.2) is 5.33 Å². The van der Waals surface area contributed by atoms with Crippen LogP contribution in [0.1, 0.15) is 17.4 Å². The third kappa shape index (κ3) is 3.08. The van der Waals surface area contributed by atoms with E-state index in [1.807, 2.05) is 24.3 Å². The first-order valence-electron chi connectivity index (χ1n) is 3.69. The van der Waals surface area contributed by atoms with Gasteiger partial charge in [-0.2, -0.15) is 0 Å². The molecule has 0 amide bonds. The van der Waals surface area contributed by atoms with Crippen molar-refractivity contribution in [1.29, 1.82) is 0 Å². The summed E-state index contributed by atoms with van der Waals surface area (Å²) in [6.07, 6.45) is 0.961. The first-order chi connectivity index (χ1) is 5.74. The number of alkyl halides is 2. The monoisotopic (exact) mass is 310 g/mol. The second kappa shape index (κ2) is 5.25. The molecule has 0 bridgehead atoms. The maximum absolute atomic E-state index is 6.11. The molecule has 0 aromatic heterocycles. The van der Waals surface area contributed by atoms with E-state index in [-0.39, 0.29) is 5.38 Å². The van der Waals surface area contributed by atoms with Gasteiger partial charge in [-0.25, -0.2) is 0 Å². The van der Waals surface area contributed by atoms with E-state index in [9.17, 15) is 0 Å². The Balaban J connectivity index is 2.68. The standard InChI is InChI=1S/C9H9Br2Cl/c10-6-5-9(12)7-1-3-8(11)4-2-7/h1-4,9H,5-6H2. The second-order valence-corrected chi connectivity index (χ2v) is 4.73. The normalized spacial score (nSPS) is 12.9. The van der Waals surface area contributed by atoms with E-state index < -0.39 is 0 Å². The van der Waals surface area contributed by atoms with Crippen molar-refractivity contribution in [1.82, 2.24) is 0 Å². The second-order valence-electron chi connectivity index (χ2n) is 2.50. The van der Waals surface area contributed by atoms with E-state index >= 15 is 0 Å². The molecule has 1 unspecified atom stereocenters. The average Bonchev–Trinajstić information content (AvgIpc) is 2.06. The lowest BCUT2D eigenvalue weighted by Crippen LogP contribution is -1.90. The SMILES string of the molecule is ClC(CCBr)c1ccc(Br)cc1. The van der Waals surface area contributed by atoms with Gasteiger partial charge in [0.15, 0.2) is 0 Å². The van der Waals surface area contributed by atoms with Crippen molar-refractivity contribution in [3.05, 3.63) is 34.3 Å². The minimum atomic E-state index is 0.123. The molecular formula is C9H9Br2Cl. The number of rotatable bonds is 3. The third-order valence-electron chi connectivity index (χ3n) is 1.59. The third-order valence-corrected chi connectivity index (χ3v) is 3.05. The molecule has 0 aliphatic carbocycles. The largest absolute Gasteiger partial charge is 0.118 e. The molecule has 0 saturated heterocycles. The Kier molecular flexibility index (Phi) is 4.62. The zero-order chi connectivity index (χ0) is 8.97. The Morgan fingerprint density at radius 1 is 1.25 bits per heavy atom. The molecule has 0 N–H and O–H groups in total. The molecule has 0 saturated carbocycles. The van der Waals surface area contributed by atoms with E-state index in [0.29, 0.717) is 0 Å². The maximum atomic E-state index is 6.11. The molecule has 0 spiro atoms. The topological polar surface area (TPSA) is 0 Å². The summed E-state index contributed by atoms with van der Waals surface area (Å²) in [5, 5.41) is 1.06. The minimum Gasteiger partial charge on any atom is -0.118 e. The molecule has 12 heavy (non-hydrogen) atoms. The summed E-state index contributed by atoms with van der Waals surface area (Å²) < 4.78 is 1.09. The van der Waals surface area contributed by atoms with Crippen LogP contribution in [0.25, 0.3) is 0 Å². The predicted molar refractivity (Wildman–Crippen MR) is 61.1 cm³/mol. The van der Waals surface area contributed by atoms with Crippen LogP contribution in [0.5, 0.6) is 0 Å². The highest BCUT2D eigenvalue weighted by molar-refractivity contribution is 9.10. The summed E-state index contributed by atoms with van der Waals surface area (Å²) >= 11 is 12.9. The lowest BCUT2D eigenvalue weighted by atomic mass is 10.1. The zero-order valence-electron chi connectivity index (χ0n) is 6.43. The van der Waals surface area contributed by atoms with Crippen LogP contribution in [0.2, 0.25) is 0 Å². The fourth-order valence-corrected chi connectivity index (χ4v) is 2.17. The van der Waals surface area contributed by atoms with E-state index in [4.69, 9.17) is 11.6 Å². The van der Waals surface area contributed by atoms with Crippen molar-refractivity contribution in [3.8, 4) is 0 Å². The van der Waals surface area contributed by atoms with Crippen LogP contribution in [0.15, 0.2) is 28.7 Å². The minimum absolute atomic E-state index is 0.123. The van der Waals surface area contributed by atoms with Gasteiger partial charge in [0.05, 0.1) is 5.38 Å². The molecule has 66 valence electrons. The van der Waals surface area contributed by atoms with E-state index in [0.717, 1.165) is 16.2 Å². The van der Waals surface area contributed by atoms with E-state index in [1.54, 1.807) is 0 Å². The van der Waals surface area contributed by atoms with Crippen molar-refractivity contribution in [2.45, 2.75) is 11.8 Å². The molecule has 1 aromatic rings. The van der Waals surface area contributed by atoms with Crippen molar-refractivity contribution in [3.63, 3.8) is 0 Å². The van der Waals surface area contributed by atoms with Gasteiger partial charge in [-0.05, 0) is 24.1 Å². The highest BCUT2D eigenvalue weighted by Crippen LogP contribution is 2.25. The van der Waals surface area contributed by atoms with Crippen molar-refractivity contribution in [2.75, 3.05) is 5.33 Å². The summed E-state index contributed by atoms with van der Waals surface area (Å²) in [5.74, 6) is 0. The van der Waals surface area contributed by atoms with Crippen LogP contribution < -0.4 is 0 Å². The van der Waals surface area contributed by atoms with Gasteiger partial charge in [0.1, 0.15) is 0 Å². The van der Waals surface area contributed by atoms with Gasteiger partial charge in [0.2, 0.25) is 0 Å². The van der Waals surface area contributed by atoms with E-state index in [2.05, 4.69) is 31.9 Å². The summed E-state index contributed by atoms with van der Waals surface area (Å²) in [7, 11) is 0. The molecule has 0 aliphatic rings. The van der Waals surface area contributed by atoms with Gasteiger partial charge < -0.3 is 0 Å². The van der Waals surface area contributed by atoms with Crippen LogP contribution in [0, 0.1) is 0 Å². The number of hydrogen-bond acceptors (Lipinski definition) is 0. The summed E-state index contributed by atoms with van der Waals surface area (Å²) in [6.45, 7) is 0. The van der Waals surface area contributed by atoms with Crippen LogP contribution in [-0.2, 0) is 0 Å². The van der Waals surface area contributed by atoms with Gasteiger partial charge in [-0.3, -0.25) is 0 Å². The number of halogens is 3. The number of hydrogen-bond donors (Lipinski definition) is 0. The Labute approximate surface area is 94.6 Å². The first kappa shape index (κ1) is 10.6. The lowest BCUT2D eigenvalue weighted by molar-refractivity contribution is 0.900. The fourth-order valence-electron chi connectivity index (χ4n) is 0.934. The summed E-state index contributed by atoms with van der Waals surface area (Å²) in [4.78, 5) is 0. The fraction of sp³-hybridized carbons (Fsp3) is 0.333. The lowest BCUT2D eigenvalue weighted by Gasteiger charge is -2.06. The highest BCUT2D eigenvalue weighted by Gasteiger charge is 2.05. The Hall–Kier alpha value is 0.470. The van der Waals surface area contributed by atoms with Crippen molar-refractivity contribution < 1.29 is 0 Å². The Morgan fingerprint density at radius 2 is 1.83 bits per heavy atom. The smallest absolute Gasteiger partial charge is 0.0593 e. The molecule has 0 radical (unpaired) electrons. The molecule has 3 heteroatoms. The van der Waals surface area contributed by atoms with Crippen LogP contribution >= 0.6 is 43.5 Å². The quantitative estimate of drug-likeness (QED) is 0.720. The van der Waals surface area contributed by atoms with Crippen molar-refractivity contribution in [2.24, 2.45) is 0 Å². The van der Waals surface area contributed by atoms with Crippen LogP contribution in [0.3, 0.4) is 0 Å². The van der Waals surface area contributed by atoms with Gasteiger partial charge in [0.25, 0.3) is 0 Å². The molecular weight excluding hydrogens is 303 g/mol. The highest BCUT2D eigenvalue weighted by atomic mass is 79.9. The molecule has 0 heterocycles. The Morgan fingerprint density at radius 3 is 2.33 bits per heavy atom. The summed E-state index contributed by atoms with van der Waals surface area (Å²) in [6, 6.07) is 8.12. The van der Waals surface area contributed by atoms with Gasteiger partial charge >= 0.3 is 0 Å². The number of benzene rings is 1.